The first kappa shape index (κ1) is 22.3. The number of nitrogens with one attached hydrogen (secondary N) is 1. The van der Waals surface area contributed by atoms with Gasteiger partial charge in [0.1, 0.15) is 18.0 Å². The van der Waals surface area contributed by atoms with Crippen LogP contribution in [-0.4, -0.2) is 55.6 Å². The Morgan fingerprint density at radius 1 is 1.42 bits per heavy atom. The zero-order chi connectivity index (χ0) is 22.9. The van der Waals surface area contributed by atoms with Gasteiger partial charge in [0, 0.05) is 35.5 Å². The summed E-state index contributed by atoms with van der Waals surface area (Å²) in [6, 6.07) is -0.635. The van der Waals surface area contributed by atoms with E-state index in [0.29, 0.717) is 0 Å². The van der Waals surface area contributed by atoms with E-state index in [1.807, 2.05) is 17.5 Å². The molecule has 33 heavy (non-hydrogen) atoms. The number of fused-ring (bicyclic) bond motifs is 2. The monoisotopic (exact) mass is 506 g/mol. The van der Waals surface area contributed by atoms with Crippen molar-refractivity contribution >= 4 is 57.3 Å². The van der Waals surface area contributed by atoms with Crippen molar-refractivity contribution in [1.29, 1.82) is 0 Å². The fourth-order valence-electron chi connectivity index (χ4n) is 4.13. The molecule has 2 amide bonds. The Labute approximate surface area is 203 Å². The second kappa shape index (κ2) is 9.39. The highest BCUT2D eigenvalue weighted by molar-refractivity contribution is 8.00. The molecule has 174 valence electrons. The van der Waals surface area contributed by atoms with E-state index in [9.17, 15) is 9.59 Å². The number of amides is 2. The molecule has 1 saturated heterocycles. The van der Waals surface area contributed by atoms with Gasteiger partial charge in [0.05, 0.1) is 4.88 Å². The van der Waals surface area contributed by atoms with Crippen molar-refractivity contribution in [3.05, 3.63) is 33.7 Å². The quantitative estimate of drug-likeness (QED) is 0.249. The van der Waals surface area contributed by atoms with E-state index >= 15 is 0 Å². The zero-order valence-electron chi connectivity index (χ0n) is 18.0. The summed E-state index contributed by atoms with van der Waals surface area (Å²) in [5.41, 5.74) is 10.4. The van der Waals surface area contributed by atoms with Crippen molar-refractivity contribution < 1.29 is 19.0 Å². The summed E-state index contributed by atoms with van der Waals surface area (Å²) in [6.45, 7) is 2.83. The number of aryl methyl sites for hydroxylation is 1. The molecule has 4 heterocycles. The highest BCUT2D eigenvalue weighted by Gasteiger charge is 2.50. The number of rotatable bonds is 7. The fourth-order valence-corrected chi connectivity index (χ4v) is 6.90. The van der Waals surface area contributed by atoms with Crippen LogP contribution in [0, 0.1) is 0 Å². The van der Waals surface area contributed by atoms with Gasteiger partial charge in [0.25, 0.3) is 11.8 Å². The molecule has 0 radical (unpaired) electrons. The molecule has 1 fully saturated rings. The lowest BCUT2D eigenvalue weighted by atomic mass is 10.0. The lowest BCUT2D eigenvalue weighted by molar-refractivity contribution is -0.692. The van der Waals surface area contributed by atoms with Gasteiger partial charge >= 0.3 is 0 Å². The number of nitrogen functional groups attached to an aromatic ring is 1. The van der Waals surface area contributed by atoms with Gasteiger partial charge in [-0.05, 0) is 26.2 Å². The average Bonchev–Trinajstić information content (AvgIpc) is 3.44. The van der Waals surface area contributed by atoms with Gasteiger partial charge in [-0.1, -0.05) is 16.5 Å². The number of anilines is 1. The van der Waals surface area contributed by atoms with Crippen LogP contribution in [0.1, 0.15) is 36.2 Å². The predicted molar refractivity (Wildman–Crippen MR) is 127 cm³/mol. The molecule has 2 aromatic rings. The number of thioether (sulfide) groups is 1. The molecule has 0 unspecified atom stereocenters. The van der Waals surface area contributed by atoms with Crippen LogP contribution in [0.5, 0.6) is 0 Å². The summed E-state index contributed by atoms with van der Waals surface area (Å²) < 4.78 is 6.37. The van der Waals surface area contributed by atoms with Gasteiger partial charge in [-0.15, -0.1) is 11.8 Å². The molecular formula is C20H24N7O3S3+. The molecule has 13 heteroatoms. The molecule has 0 bridgehead atoms. The van der Waals surface area contributed by atoms with Gasteiger partial charge in [0.15, 0.2) is 17.4 Å². The maximum atomic E-state index is 12.9. The molecule has 3 N–H and O–H groups in total. The van der Waals surface area contributed by atoms with E-state index in [1.165, 1.54) is 35.4 Å². The molecule has 10 nitrogen and oxygen atoms in total. The van der Waals surface area contributed by atoms with Crippen LogP contribution in [0.25, 0.3) is 0 Å². The average molecular weight is 507 g/mol. The standard InChI is InChI=1S/C20H23N7O3S3/c1-2-30-24-14(16-23-20(21)33-25-16)17(28)22-15-18(29)27-8-11(9-31-19(15)27)7-26-10-32-13-6-4-3-5-12(13)26/h8,10,15,19H,2-7,9H2,1H3,(H2-,21,22,23,25,28)/p+1/b24-14-/t15-,19+/m1/s1. The number of hydrogen-bond acceptors (Lipinski definition) is 10. The number of nitrogens with two attached hydrogens (primary N) is 1. The summed E-state index contributed by atoms with van der Waals surface area (Å²) >= 11 is 4.45. The lowest BCUT2D eigenvalue weighted by Crippen LogP contribution is -2.69. The van der Waals surface area contributed by atoms with Crippen molar-refractivity contribution in [3.63, 3.8) is 0 Å². The molecule has 5 rings (SSSR count). The number of β-lactam (4-membered cyclic amide) rings is 1. The highest BCUT2D eigenvalue weighted by Crippen LogP contribution is 2.36. The minimum Gasteiger partial charge on any atom is -0.395 e. The first-order valence-corrected chi connectivity index (χ1v) is 13.5. The molecule has 1 aliphatic carbocycles. The summed E-state index contributed by atoms with van der Waals surface area (Å²) in [7, 11) is 0. The summed E-state index contributed by atoms with van der Waals surface area (Å²) in [4.78, 5) is 37.9. The van der Waals surface area contributed by atoms with Gasteiger partial charge in [0.2, 0.25) is 17.0 Å². The Balaban J connectivity index is 1.25. The van der Waals surface area contributed by atoms with E-state index in [1.54, 1.807) is 23.6 Å². The number of carbonyl (C=O) groups excluding carboxylic acids is 2. The second-order valence-corrected chi connectivity index (χ2v) is 10.8. The Morgan fingerprint density at radius 3 is 3.06 bits per heavy atom. The van der Waals surface area contributed by atoms with Crippen molar-refractivity contribution in [3.8, 4) is 0 Å². The Morgan fingerprint density at radius 2 is 2.27 bits per heavy atom. The molecule has 2 aliphatic heterocycles. The maximum absolute atomic E-state index is 12.9. The van der Waals surface area contributed by atoms with E-state index in [2.05, 4.69) is 29.9 Å². The Kier molecular flexibility index (Phi) is 6.34. The molecule has 2 atom stereocenters. The first-order chi connectivity index (χ1) is 16.0. The van der Waals surface area contributed by atoms with Crippen molar-refractivity contribution in [1.82, 2.24) is 19.6 Å². The van der Waals surface area contributed by atoms with Crippen LogP contribution < -0.4 is 15.6 Å². The van der Waals surface area contributed by atoms with Gasteiger partial charge < -0.3 is 20.8 Å². The summed E-state index contributed by atoms with van der Waals surface area (Å²) in [5.74, 6) is 0.191. The minimum absolute atomic E-state index is 0.0849. The molecule has 0 saturated carbocycles. The van der Waals surface area contributed by atoms with Crippen molar-refractivity contribution in [2.24, 2.45) is 5.16 Å². The van der Waals surface area contributed by atoms with Crippen molar-refractivity contribution in [2.45, 2.75) is 50.6 Å². The number of aromatic nitrogens is 3. The third-order valence-corrected chi connectivity index (χ3v) is 8.72. The van der Waals surface area contributed by atoms with Gasteiger partial charge in [-0.2, -0.15) is 13.9 Å². The van der Waals surface area contributed by atoms with E-state index in [0.717, 1.165) is 30.3 Å². The van der Waals surface area contributed by atoms with E-state index in [4.69, 9.17) is 10.6 Å². The third kappa shape index (κ3) is 4.36. The number of hydrogen-bond donors (Lipinski definition) is 2. The van der Waals surface area contributed by atoms with Crippen LogP contribution in [0.2, 0.25) is 0 Å². The number of carbonyl (C=O) groups is 2. The van der Waals surface area contributed by atoms with Gasteiger partial charge in [-0.3, -0.25) is 9.59 Å². The molecule has 0 spiro atoms. The molecule has 3 aliphatic rings. The van der Waals surface area contributed by atoms with Crippen LogP contribution in [0.15, 0.2) is 22.4 Å². The number of thiazole rings is 1. The van der Waals surface area contributed by atoms with Crippen molar-refractivity contribution in [2.75, 3.05) is 18.1 Å². The second-order valence-electron chi connectivity index (χ2n) is 7.93. The topological polar surface area (TPSA) is 127 Å². The molecule has 2 aromatic heterocycles. The Bertz CT molecular complexity index is 1140. The summed E-state index contributed by atoms with van der Waals surface area (Å²) in [6.07, 6.45) is 6.76. The van der Waals surface area contributed by atoms with E-state index in [-0.39, 0.29) is 34.6 Å². The molecule has 0 aromatic carbocycles. The van der Waals surface area contributed by atoms with Crippen LogP contribution in [0.3, 0.4) is 0 Å². The first-order valence-electron chi connectivity index (χ1n) is 10.8. The Hall–Kier alpha value is -2.51. The summed E-state index contributed by atoms with van der Waals surface area (Å²) in [5, 5.41) is 6.69. The maximum Gasteiger partial charge on any atom is 0.278 e. The largest absolute Gasteiger partial charge is 0.395 e. The third-order valence-electron chi connectivity index (χ3n) is 5.71. The number of nitrogens with zero attached hydrogens (tertiary/aromatic N) is 5. The molecular weight excluding hydrogens is 482 g/mol. The minimum atomic E-state index is -0.635. The van der Waals surface area contributed by atoms with Crippen LogP contribution in [-0.2, 0) is 33.8 Å². The zero-order valence-corrected chi connectivity index (χ0v) is 20.5. The normalized spacial score (nSPS) is 22.2. The van der Waals surface area contributed by atoms with Crippen LogP contribution >= 0.6 is 34.6 Å². The predicted octanol–water partition coefficient (Wildman–Crippen LogP) is 1.07. The van der Waals surface area contributed by atoms with E-state index < -0.39 is 11.9 Å². The SMILES string of the molecule is CCO/N=C(\C(=O)N[C@@H]1C(=O)N2C=C(C[n+]3csc4c3CCCC4)CS[C@@H]12)c1nsc(N)n1. The fraction of sp³-hybridized carbons (Fsp3) is 0.500. The number of oxime groups is 1. The van der Waals surface area contributed by atoms with Crippen LogP contribution in [0.4, 0.5) is 5.13 Å². The highest BCUT2D eigenvalue weighted by atomic mass is 32.2. The lowest BCUT2D eigenvalue weighted by Gasteiger charge is -2.47. The van der Waals surface area contributed by atoms with Gasteiger partial charge in [-0.25, -0.2) is 0 Å². The smallest absolute Gasteiger partial charge is 0.278 e.